The van der Waals surface area contributed by atoms with Gasteiger partial charge in [0.25, 0.3) is 0 Å². The standard InChI is InChI=1S/C8H12BrN3O/c1-5(4-6(2)13)7-8(9)10-11-12(7)3/h5H,4H2,1-3H3. The van der Waals surface area contributed by atoms with Crippen LogP contribution in [0.25, 0.3) is 0 Å². The first-order valence-corrected chi connectivity index (χ1v) is 4.86. The monoisotopic (exact) mass is 245 g/mol. The first kappa shape index (κ1) is 10.4. The summed E-state index contributed by atoms with van der Waals surface area (Å²) in [6.07, 6.45) is 0.528. The number of ketones is 1. The lowest BCUT2D eigenvalue weighted by molar-refractivity contribution is -0.117. The second-order valence-electron chi connectivity index (χ2n) is 3.20. The topological polar surface area (TPSA) is 47.8 Å². The van der Waals surface area contributed by atoms with Crippen molar-refractivity contribution in [2.45, 2.75) is 26.2 Å². The van der Waals surface area contributed by atoms with Crippen LogP contribution in [0.2, 0.25) is 0 Å². The van der Waals surface area contributed by atoms with Gasteiger partial charge in [-0.3, -0.25) is 4.68 Å². The second kappa shape index (κ2) is 4.00. The van der Waals surface area contributed by atoms with Crippen molar-refractivity contribution in [1.29, 1.82) is 0 Å². The van der Waals surface area contributed by atoms with Crippen LogP contribution in [-0.4, -0.2) is 20.8 Å². The Balaban J connectivity index is 2.87. The highest BCUT2D eigenvalue weighted by molar-refractivity contribution is 9.10. The maximum atomic E-state index is 10.9. The Morgan fingerprint density at radius 3 is 2.69 bits per heavy atom. The molecule has 1 aromatic heterocycles. The lowest BCUT2D eigenvalue weighted by Crippen LogP contribution is -2.06. The Morgan fingerprint density at radius 1 is 1.69 bits per heavy atom. The normalized spacial score (nSPS) is 12.9. The second-order valence-corrected chi connectivity index (χ2v) is 3.95. The zero-order chi connectivity index (χ0) is 10.0. The van der Waals surface area contributed by atoms with E-state index in [2.05, 4.69) is 26.2 Å². The van der Waals surface area contributed by atoms with Gasteiger partial charge in [0.2, 0.25) is 0 Å². The number of Topliss-reactive ketones (excluding diaryl/α,β-unsaturated/α-hetero) is 1. The molecule has 0 aliphatic heterocycles. The molecular weight excluding hydrogens is 234 g/mol. The molecule has 0 aliphatic rings. The van der Waals surface area contributed by atoms with Gasteiger partial charge in [0.05, 0.1) is 5.69 Å². The highest BCUT2D eigenvalue weighted by Gasteiger charge is 2.16. The summed E-state index contributed by atoms with van der Waals surface area (Å²) in [6.45, 7) is 3.58. The molecule has 13 heavy (non-hydrogen) atoms. The molecule has 0 saturated heterocycles. The Bertz CT molecular complexity index is 302. The molecule has 5 heteroatoms. The maximum Gasteiger partial charge on any atom is 0.151 e. The average molecular weight is 246 g/mol. The van der Waals surface area contributed by atoms with Crippen LogP contribution in [0.15, 0.2) is 4.60 Å². The Morgan fingerprint density at radius 2 is 2.31 bits per heavy atom. The van der Waals surface area contributed by atoms with E-state index in [0.717, 1.165) is 10.3 Å². The van der Waals surface area contributed by atoms with Crippen LogP contribution in [0.5, 0.6) is 0 Å². The number of aromatic nitrogens is 3. The maximum absolute atomic E-state index is 10.9. The Kier molecular flexibility index (Phi) is 3.19. The fourth-order valence-electron chi connectivity index (χ4n) is 1.39. The minimum Gasteiger partial charge on any atom is -0.300 e. The minimum atomic E-state index is 0.159. The van der Waals surface area contributed by atoms with Gasteiger partial charge in [0.15, 0.2) is 4.60 Å². The van der Waals surface area contributed by atoms with E-state index in [9.17, 15) is 4.79 Å². The minimum absolute atomic E-state index is 0.159. The predicted octanol–water partition coefficient (Wildman–Crippen LogP) is 1.66. The molecule has 72 valence electrons. The van der Waals surface area contributed by atoms with E-state index in [0.29, 0.717) is 6.42 Å². The first-order valence-electron chi connectivity index (χ1n) is 4.07. The summed E-state index contributed by atoms with van der Waals surface area (Å²) in [5.41, 5.74) is 0.968. The molecule has 0 bridgehead atoms. The largest absolute Gasteiger partial charge is 0.300 e. The number of carbonyl (C=O) groups excluding carboxylic acids is 1. The zero-order valence-corrected chi connectivity index (χ0v) is 9.50. The third-order valence-corrected chi connectivity index (χ3v) is 2.45. The fraction of sp³-hybridized carbons (Fsp3) is 0.625. The van der Waals surface area contributed by atoms with E-state index in [1.165, 1.54) is 0 Å². The summed E-state index contributed by atoms with van der Waals surface area (Å²) in [5.74, 6) is 0.340. The van der Waals surface area contributed by atoms with E-state index in [4.69, 9.17) is 0 Å². The summed E-state index contributed by atoms with van der Waals surface area (Å²) in [7, 11) is 1.82. The average Bonchev–Trinajstić information content (AvgIpc) is 2.29. The third-order valence-electron chi connectivity index (χ3n) is 1.89. The number of hydrogen-bond acceptors (Lipinski definition) is 3. The van der Waals surface area contributed by atoms with Crippen LogP contribution >= 0.6 is 15.9 Å². The van der Waals surface area contributed by atoms with Crippen molar-refractivity contribution in [3.63, 3.8) is 0 Å². The molecular formula is C8H12BrN3O. The quantitative estimate of drug-likeness (QED) is 0.814. The number of hydrogen-bond donors (Lipinski definition) is 0. The number of nitrogens with zero attached hydrogens (tertiary/aromatic N) is 3. The van der Waals surface area contributed by atoms with Gasteiger partial charge in [-0.15, -0.1) is 5.10 Å². The van der Waals surface area contributed by atoms with Crippen molar-refractivity contribution in [1.82, 2.24) is 15.0 Å². The van der Waals surface area contributed by atoms with Crippen molar-refractivity contribution in [3.05, 3.63) is 10.3 Å². The van der Waals surface area contributed by atoms with Gasteiger partial charge in [0, 0.05) is 19.4 Å². The van der Waals surface area contributed by atoms with Crippen LogP contribution in [0.3, 0.4) is 0 Å². The summed E-state index contributed by atoms with van der Waals surface area (Å²) in [6, 6.07) is 0. The van der Waals surface area contributed by atoms with E-state index in [1.54, 1.807) is 11.6 Å². The molecule has 1 aromatic rings. The molecule has 0 fully saturated rings. The molecule has 0 aliphatic carbocycles. The number of aryl methyl sites for hydroxylation is 1. The molecule has 0 radical (unpaired) electrons. The highest BCUT2D eigenvalue weighted by Crippen LogP contribution is 2.24. The Labute approximate surface area is 85.4 Å². The van der Waals surface area contributed by atoms with E-state index < -0.39 is 0 Å². The lowest BCUT2D eigenvalue weighted by Gasteiger charge is -2.08. The van der Waals surface area contributed by atoms with Gasteiger partial charge in [-0.2, -0.15) is 0 Å². The van der Waals surface area contributed by atoms with Crippen molar-refractivity contribution >= 4 is 21.7 Å². The number of rotatable bonds is 3. The first-order chi connectivity index (χ1) is 6.02. The molecule has 1 atom stereocenters. The van der Waals surface area contributed by atoms with E-state index in [1.807, 2.05) is 14.0 Å². The molecule has 1 heterocycles. The molecule has 0 spiro atoms. The van der Waals surface area contributed by atoms with Gasteiger partial charge >= 0.3 is 0 Å². The third kappa shape index (κ3) is 2.37. The van der Waals surface area contributed by atoms with E-state index in [-0.39, 0.29) is 11.7 Å². The van der Waals surface area contributed by atoms with E-state index >= 15 is 0 Å². The van der Waals surface area contributed by atoms with Crippen molar-refractivity contribution in [2.75, 3.05) is 0 Å². The molecule has 1 rings (SSSR count). The summed E-state index contributed by atoms with van der Waals surface area (Å²) >= 11 is 3.30. The Hall–Kier alpha value is -0.710. The summed E-state index contributed by atoms with van der Waals surface area (Å²) < 4.78 is 2.42. The SMILES string of the molecule is CC(=O)CC(C)c1c(Br)nnn1C. The van der Waals surface area contributed by atoms with Crippen LogP contribution < -0.4 is 0 Å². The van der Waals surface area contributed by atoms with Crippen molar-refractivity contribution < 1.29 is 4.79 Å². The fourth-order valence-corrected chi connectivity index (χ4v) is 2.11. The van der Waals surface area contributed by atoms with Gasteiger partial charge in [-0.25, -0.2) is 0 Å². The smallest absolute Gasteiger partial charge is 0.151 e. The molecule has 0 amide bonds. The lowest BCUT2D eigenvalue weighted by atomic mass is 10.0. The van der Waals surface area contributed by atoms with Crippen LogP contribution in [0.4, 0.5) is 0 Å². The van der Waals surface area contributed by atoms with Crippen molar-refractivity contribution in [2.24, 2.45) is 7.05 Å². The van der Waals surface area contributed by atoms with Crippen LogP contribution in [0, 0.1) is 0 Å². The van der Waals surface area contributed by atoms with Gasteiger partial charge in [0.1, 0.15) is 5.78 Å². The molecule has 0 saturated carbocycles. The highest BCUT2D eigenvalue weighted by atomic mass is 79.9. The van der Waals surface area contributed by atoms with Crippen molar-refractivity contribution in [3.8, 4) is 0 Å². The molecule has 0 N–H and O–H groups in total. The predicted molar refractivity (Wildman–Crippen MR) is 52.4 cm³/mol. The van der Waals surface area contributed by atoms with Crippen LogP contribution in [-0.2, 0) is 11.8 Å². The summed E-state index contributed by atoms with van der Waals surface area (Å²) in [4.78, 5) is 10.9. The number of halogens is 1. The van der Waals surface area contributed by atoms with Crippen LogP contribution in [0.1, 0.15) is 31.9 Å². The van der Waals surface area contributed by atoms with Gasteiger partial charge in [-0.1, -0.05) is 12.1 Å². The molecule has 1 unspecified atom stereocenters. The van der Waals surface area contributed by atoms with Gasteiger partial charge in [-0.05, 0) is 22.9 Å². The molecule has 0 aromatic carbocycles. The van der Waals surface area contributed by atoms with Gasteiger partial charge < -0.3 is 4.79 Å². The zero-order valence-electron chi connectivity index (χ0n) is 7.91. The number of carbonyl (C=O) groups is 1. The summed E-state index contributed by atoms with van der Waals surface area (Å²) in [5, 5.41) is 7.72. The molecule has 4 nitrogen and oxygen atoms in total.